The van der Waals surface area contributed by atoms with Crippen LogP contribution in [0.25, 0.3) is 0 Å². The van der Waals surface area contributed by atoms with E-state index in [0.29, 0.717) is 30.3 Å². The molecule has 1 rings (SSSR count). The molecule has 7 nitrogen and oxygen atoms in total. The molecule has 0 aliphatic rings. The first-order valence-corrected chi connectivity index (χ1v) is 6.86. The predicted molar refractivity (Wildman–Crippen MR) is 77.6 cm³/mol. The molecule has 0 saturated heterocycles. The van der Waals surface area contributed by atoms with Crippen molar-refractivity contribution in [3.63, 3.8) is 0 Å². The molecule has 0 aromatic carbocycles. The van der Waals surface area contributed by atoms with Gasteiger partial charge in [-0.3, -0.25) is 19.7 Å². The monoisotopic (exact) mass is 345 g/mol. The third kappa shape index (κ3) is 4.44. The highest BCUT2D eigenvalue weighted by Crippen LogP contribution is 2.14. The number of aromatic nitrogens is 1. The fraction of sp³-hybridized carbons (Fsp3) is 0.500. The molecular weight excluding hydrogens is 330 g/mol. The highest BCUT2D eigenvalue weighted by Gasteiger charge is 2.15. The van der Waals surface area contributed by atoms with Gasteiger partial charge in [0.15, 0.2) is 0 Å². The molecule has 0 fully saturated rings. The molecule has 0 spiro atoms. The normalized spacial score (nSPS) is 10.3. The van der Waals surface area contributed by atoms with Gasteiger partial charge in [0, 0.05) is 43.8 Å². The zero-order chi connectivity index (χ0) is 15.3. The summed E-state index contributed by atoms with van der Waals surface area (Å²) in [5.41, 5.74) is -1.08. The van der Waals surface area contributed by atoms with Gasteiger partial charge in [0.05, 0.1) is 4.92 Å². The number of amides is 1. The molecule has 0 radical (unpaired) electrons. The molecular formula is C12H16BrN3O4. The highest BCUT2D eigenvalue weighted by atomic mass is 79.9. The number of halogens is 1. The van der Waals surface area contributed by atoms with Gasteiger partial charge in [-0.25, -0.2) is 0 Å². The molecule has 0 unspecified atom stereocenters. The smallest absolute Gasteiger partial charge is 0.335 e. The first-order valence-electron chi connectivity index (χ1n) is 6.07. The van der Waals surface area contributed by atoms with Crippen LogP contribution in [0.1, 0.15) is 19.3 Å². The molecule has 0 atom stereocenters. The van der Waals surface area contributed by atoms with Crippen LogP contribution in [0.2, 0.25) is 0 Å². The molecule has 0 aliphatic heterocycles. The van der Waals surface area contributed by atoms with E-state index >= 15 is 0 Å². The molecule has 8 heteroatoms. The Labute approximate surface area is 124 Å². The first kappa shape index (κ1) is 16.4. The number of rotatable bonds is 6. The summed E-state index contributed by atoms with van der Waals surface area (Å²) < 4.78 is 1.77. The van der Waals surface area contributed by atoms with Crippen LogP contribution in [0.5, 0.6) is 0 Å². The van der Waals surface area contributed by atoms with E-state index in [4.69, 9.17) is 0 Å². The van der Waals surface area contributed by atoms with Crippen molar-refractivity contribution in [2.45, 2.75) is 25.8 Å². The quantitative estimate of drug-likeness (QED) is 0.446. The minimum Gasteiger partial charge on any atom is -0.349 e. The molecule has 1 aromatic rings. The van der Waals surface area contributed by atoms with Crippen LogP contribution in [0.4, 0.5) is 5.69 Å². The van der Waals surface area contributed by atoms with Crippen molar-refractivity contribution >= 4 is 27.5 Å². The molecule has 1 amide bonds. The Hall–Kier alpha value is -1.70. The number of nitro groups is 1. The van der Waals surface area contributed by atoms with Crippen LogP contribution in [0.15, 0.2) is 21.5 Å². The number of aryl methyl sites for hydroxylation is 1. The Morgan fingerprint density at radius 3 is 2.65 bits per heavy atom. The SMILES string of the molecule is CN(C)C(=O)CCCCn1cc(Br)cc([N+](=O)[O-])c1=O. The lowest BCUT2D eigenvalue weighted by atomic mass is 10.2. The average Bonchev–Trinajstić information content (AvgIpc) is 2.37. The van der Waals surface area contributed by atoms with Crippen LogP contribution < -0.4 is 5.56 Å². The highest BCUT2D eigenvalue weighted by molar-refractivity contribution is 9.10. The van der Waals surface area contributed by atoms with Crippen LogP contribution in [-0.4, -0.2) is 34.4 Å². The van der Waals surface area contributed by atoms with Crippen molar-refractivity contribution < 1.29 is 9.72 Å². The summed E-state index contributed by atoms with van der Waals surface area (Å²) in [6.45, 7) is 0.347. The molecule has 1 heterocycles. The van der Waals surface area contributed by atoms with E-state index in [-0.39, 0.29) is 5.91 Å². The van der Waals surface area contributed by atoms with E-state index in [2.05, 4.69) is 15.9 Å². The average molecular weight is 346 g/mol. The van der Waals surface area contributed by atoms with E-state index < -0.39 is 16.2 Å². The molecule has 1 aromatic heterocycles. The summed E-state index contributed by atoms with van der Waals surface area (Å²) in [4.78, 5) is 34.8. The minimum atomic E-state index is -0.695. The zero-order valence-electron chi connectivity index (χ0n) is 11.3. The van der Waals surface area contributed by atoms with Gasteiger partial charge in [-0.15, -0.1) is 0 Å². The number of carbonyl (C=O) groups excluding carboxylic acids is 1. The molecule has 110 valence electrons. The minimum absolute atomic E-state index is 0.0255. The molecule has 0 bridgehead atoms. The van der Waals surface area contributed by atoms with Gasteiger partial charge in [-0.05, 0) is 28.8 Å². The number of hydrogen-bond donors (Lipinski definition) is 0. The van der Waals surface area contributed by atoms with Gasteiger partial charge in [0.25, 0.3) is 0 Å². The Morgan fingerprint density at radius 1 is 1.45 bits per heavy atom. The fourth-order valence-corrected chi connectivity index (χ4v) is 2.13. The van der Waals surface area contributed by atoms with Gasteiger partial charge in [-0.1, -0.05) is 0 Å². The maximum Gasteiger partial charge on any atom is 0.335 e. The van der Waals surface area contributed by atoms with Crippen molar-refractivity contribution in [3.8, 4) is 0 Å². The standard InChI is InChI=1S/C12H16BrN3O4/c1-14(2)11(17)5-3-4-6-15-8-9(13)7-10(12(15)18)16(19)20/h7-8H,3-6H2,1-2H3. The van der Waals surface area contributed by atoms with Crippen molar-refractivity contribution in [3.05, 3.63) is 37.2 Å². The Morgan fingerprint density at radius 2 is 2.10 bits per heavy atom. The second-order valence-corrected chi connectivity index (χ2v) is 5.46. The first-order chi connectivity index (χ1) is 9.32. The van der Waals surface area contributed by atoms with Crippen molar-refractivity contribution in [2.24, 2.45) is 0 Å². The Kier molecular flexibility index (Phi) is 5.87. The van der Waals surface area contributed by atoms with Gasteiger partial charge < -0.3 is 9.47 Å². The van der Waals surface area contributed by atoms with Gasteiger partial charge in [0.2, 0.25) is 5.91 Å². The maximum atomic E-state index is 11.8. The van der Waals surface area contributed by atoms with Gasteiger partial charge in [0.1, 0.15) is 0 Å². The fourth-order valence-electron chi connectivity index (χ4n) is 1.66. The van der Waals surface area contributed by atoms with E-state index in [1.54, 1.807) is 14.1 Å². The summed E-state index contributed by atoms with van der Waals surface area (Å²) in [6.07, 6.45) is 3.15. The Balaban J connectivity index is 2.67. The van der Waals surface area contributed by atoms with E-state index in [1.807, 2.05) is 0 Å². The lowest BCUT2D eigenvalue weighted by molar-refractivity contribution is -0.386. The van der Waals surface area contributed by atoms with Crippen molar-refractivity contribution in [2.75, 3.05) is 14.1 Å². The third-order valence-electron chi connectivity index (χ3n) is 2.77. The molecule has 0 aliphatic carbocycles. The number of hydrogen-bond acceptors (Lipinski definition) is 4. The maximum absolute atomic E-state index is 11.8. The van der Waals surface area contributed by atoms with Crippen LogP contribution >= 0.6 is 15.9 Å². The lowest BCUT2D eigenvalue weighted by Gasteiger charge is -2.10. The molecule has 0 saturated carbocycles. The number of nitrogens with zero attached hydrogens (tertiary/aromatic N) is 3. The summed E-state index contributed by atoms with van der Waals surface area (Å²) in [5.74, 6) is 0.0255. The molecule has 0 N–H and O–H groups in total. The number of pyridine rings is 1. The second-order valence-electron chi connectivity index (χ2n) is 4.54. The lowest BCUT2D eigenvalue weighted by Crippen LogP contribution is -2.23. The van der Waals surface area contributed by atoms with Crippen LogP contribution in [0.3, 0.4) is 0 Å². The Bertz CT molecular complexity index is 568. The molecule has 20 heavy (non-hydrogen) atoms. The number of unbranched alkanes of at least 4 members (excludes halogenated alkanes) is 1. The largest absolute Gasteiger partial charge is 0.349 e. The zero-order valence-corrected chi connectivity index (χ0v) is 12.9. The summed E-state index contributed by atoms with van der Waals surface area (Å²) in [5, 5.41) is 10.7. The van der Waals surface area contributed by atoms with Crippen molar-refractivity contribution in [1.29, 1.82) is 0 Å². The summed E-state index contributed by atoms with van der Waals surface area (Å²) >= 11 is 3.14. The van der Waals surface area contributed by atoms with E-state index in [9.17, 15) is 19.7 Å². The summed E-state index contributed by atoms with van der Waals surface area (Å²) in [7, 11) is 3.37. The topological polar surface area (TPSA) is 85.4 Å². The summed E-state index contributed by atoms with van der Waals surface area (Å²) in [6, 6.07) is 1.19. The second kappa shape index (κ2) is 7.18. The number of carbonyl (C=O) groups is 1. The van der Waals surface area contributed by atoms with Gasteiger partial charge >= 0.3 is 11.2 Å². The van der Waals surface area contributed by atoms with Crippen LogP contribution in [-0.2, 0) is 11.3 Å². The van der Waals surface area contributed by atoms with E-state index in [1.165, 1.54) is 21.7 Å². The third-order valence-corrected chi connectivity index (χ3v) is 3.20. The predicted octanol–water partition coefficient (Wildman–Crippen LogP) is 1.78. The van der Waals surface area contributed by atoms with E-state index in [0.717, 1.165) is 0 Å². The van der Waals surface area contributed by atoms with Crippen LogP contribution in [0, 0.1) is 10.1 Å². The van der Waals surface area contributed by atoms with Gasteiger partial charge in [-0.2, -0.15) is 0 Å². The van der Waals surface area contributed by atoms with Crippen molar-refractivity contribution in [1.82, 2.24) is 9.47 Å².